The summed E-state index contributed by atoms with van der Waals surface area (Å²) in [4.78, 5) is 23.9. The molecule has 1 amide bonds. The number of allylic oxidation sites excluding steroid dienone is 2. The molecule has 3 atom stereocenters. The highest BCUT2D eigenvalue weighted by Crippen LogP contribution is 2.50. The molecule has 2 aromatic carbocycles. The van der Waals surface area contributed by atoms with Gasteiger partial charge in [0.1, 0.15) is 0 Å². The molecular weight excluding hydrogens is 390 g/mol. The fourth-order valence-corrected chi connectivity index (χ4v) is 5.45. The molecule has 2 aliphatic carbocycles. The van der Waals surface area contributed by atoms with E-state index in [0.29, 0.717) is 11.5 Å². The van der Waals surface area contributed by atoms with Gasteiger partial charge in [0, 0.05) is 24.1 Å². The molecule has 31 heavy (non-hydrogen) atoms. The van der Waals surface area contributed by atoms with Gasteiger partial charge in [-0.1, -0.05) is 55.7 Å². The first-order valence-corrected chi connectivity index (χ1v) is 11.2. The highest BCUT2D eigenvalue weighted by molar-refractivity contribution is 6.01. The molecule has 1 fully saturated rings. The monoisotopic (exact) mass is 417 g/mol. The second-order valence-electron chi connectivity index (χ2n) is 8.90. The van der Waals surface area contributed by atoms with E-state index in [9.17, 15) is 14.9 Å². The maximum atomic E-state index is 13.2. The second-order valence-corrected chi connectivity index (χ2v) is 8.90. The number of rotatable bonds is 4. The summed E-state index contributed by atoms with van der Waals surface area (Å²) in [5.41, 5.74) is 3.85. The van der Waals surface area contributed by atoms with E-state index in [2.05, 4.69) is 28.9 Å². The zero-order chi connectivity index (χ0) is 21.4. The van der Waals surface area contributed by atoms with Crippen molar-refractivity contribution in [3.63, 3.8) is 0 Å². The molecule has 0 spiro atoms. The number of anilines is 1. The Hall–Kier alpha value is -3.15. The van der Waals surface area contributed by atoms with E-state index in [-0.39, 0.29) is 34.5 Å². The van der Waals surface area contributed by atoms with Gasteiger partial charge in [0.25, 0.3) is 11.6 Å². The van der Waals surface area contributed by atoms with Gasteiger partial charge in [-0.2, -0.15) is 0 Å². The highest BCUT2D eigenvalue weighted by atomic mass is 16.6. The number of carbonyl (C=O) groups is 1. The average Bonchev–Trinajstić information content (AvgIpc) is 3.29. The summed E-state index contributed by atoms with van der Waals surface area (Å²) in [5, 5.41) is 18.0. The van der Waals surface area contributed by atoms with Crippen LogP contribution in [-0.2, 0) is 0 Å². The van der Waals surface area contributed by atoms with E-state index in [1.165, 1.54) is 19.3 Å². The average molecular weight is 418 g/mol. The van der Waals surface area contributed by atoms with Crippen molar-refractivity contribution in [3.8, 4) is 0 Å². The summed E-state index contributed by atoms with van der Waals surface area (Å²) < 4.78 is 0. The topological polar surface area (TPSA) is 84.3 Å². The standard InChI is InChI=1S/C25H27N3O3/c29-25(26-17-6-2-1-3-7-17)22-11-5-10-21-19-8-4-9-20(19)23(27-24(21)22)16-12-14-18(15-13-16)28(30)31/h4-5,8,10-15,17,19-20,23,27H,1-3,6-7,9H2,(H,26,29). The van der Waals surface area contributed by atoms with Crippen LogP contribution in [-0.4, -0.2) is 16.9 Å². The Morgan fingerprint density at radius 3 is 2.58 bits per heavy atom. The number of nitro groups is 1. The summed E-state index contributed by atoms with van der Waals surface area (Å²) in [5.74, 6) is 0.545. The number of non-ortho nitro benzene ring substituents is 1. The lowest BCUT2D eigenvalue weighted by Crippen LogP contribution is -2.37. The number of carbonyl (C=O) groups excluding carboxylic acids is 1. The predicted molar refractivity (Wildman–Crippen MR) is 120 cm³/mol. The summed E-state index contributed by atoms with van der Waals surface area (Å²) >= 11 is 0. The molecule has 2 N–H and O–H groups in total. The number of fused-ring (bicyclic) bond motifs is 3. The molecule has 1 aliphatic heterocycles. The van der Waals surface area contributed by atoms with E-state index >= 15 is 0 Å². The molecule has 6 nitrogen and oxygen atoms in total. The van der Waals surface area contributed by atoms with Gasteiger partial charge in [-0.3, -0.25) is 14.9 Å². The molecule has 3 aliphatic rings. The first-order chi connectivity index (χ1) is 15.1. The Morgan fingerprint density at radius 1 is 1.06 bits per heavy atom. The molecule has 2 aromatic rings. The van der Waals surface area contributed by atoms with Gasteiger partial charge in [-0.25, -0.2) is 0 Å². The van der Waals surface area contributed by atoms with E-state index in [1.54, 1.807) is 12.1 Å². The maximum Gasteiger partial charge on any atom is 0.269 e. The Balaban J connectivity index is 1.47. The molecule has 0 bridgehead atoms. The predicted octanol–water partition coefficient (Wildman–Crippen LogP) is 5.48. The SMILES string of the molecule is O=C(NC1CCCCC1)c1cccc2c1NC(c1ccc([N+](=O)[O-])cc1)C1CC=CC21. The summed E-state index contributed by atoms with van der Waals surface area (Å²) in [6, 6.07) is 13.0. The Bertz CT molecular complexity index is 1020. The van der Waals surface area contributed by atoms with Gasteiger partial charge in [0.2, 0.25) is 0 Å². The van der Waals surface area contributed by atoms with E-state index in [0.717, 1.165) is 36.1 Å². The van der Waals surface area contributed by atoms with Crippen molar-refractivity contribution in [2.75, 3.05) is 5.32 Å². The Morgan fingerprint density at radius 2 is 1.84 bits per heavy atom. The van der Waals surface area contributed by atoms with Crippen molar-refractivity contribution < 1.29 is 9.72 Å². The van der Waals surface area contributed by atoms with E-state index in [4.69, 9.17) is 0 Å². The Labute approximate surface area is 181 Å². The lowest BCUT2D eigenvalue weighted by Gasteiger charge is -2.38. The van der Waals surface area contributed by atoms with Crippen LogP contribution in [0.1, 0.15) is 72.0 Å². The molecular formula is C25H27N3O3. The largest absolute Gasteiger partial charge is 0.377 e. The van der Waals surface area contributed by atoms with E-state index in [1.807, 2.05) is 24.3 Å². The number of hydrogen-bond donors (Lipinski definition) is 2. The molecule has 0 radical (unpaired) electrons. The molecule has 6 heteroatoms. The third kappa shape index (κ3) is 3.71. The zero-order valence-electron chi connectivity index (χ0n) is 17.4. The van der Waals surface area contributed by atoms with Gasteiger partial charge < -0.3 is 10.6 Å². The molecule has 0 saturated heterocycles. The highest BCUT2D eigenvalue weighted by Gasteiger charge is 2.39. The Kier molecular flexibility index (Phi) is 5.22. The van der Waals surface area contributed by atoms with Gasteiger partial charge in [0.15, 0.2) is 0 Å². The van der Waals surface area contributed by atoms with Gasteiger partial charge in [-0.15, -0.1) is 0 Å². The van der Waals surface area contributed by atoms with Gasteiger partial charge in [-0.05, 0) is 42.4 Å². The minimum absolute atomic E-state index is 0.00284. The van der Waals surface area contributed by atoms with Crippen LogP contribution >= 0.6 is 0 Å². The fourth-order valence-electron chi connectivity index (χ4n) is 5.45. The van der Waals surface area contributed by atoms with Crippen molar-refractivity contribution in [2.24, 2.45) is 5.92 Å². The number of nitro benzene ring substituents is 1. The third-order valence-electron chi connectivity index (χ3n) is 7.04. The molecule has 1 saturated carbocycles. The maximum absolute atomic E-state index is 13.2. The summed E-state index contributed by atoms with van der Waals surface area (Å²) in [7, 11) is 0. The first-order valence-electron chi connectivity index (χ1n) is 11.2. The van der Waals surface area contributed by atoms with Crippen LogP contribution in [0.15, 0.2) is 54.6 Å². The van der Waals surface area contributed by atoms with Gasteiger partial charge in [0.05, 0.1) is 22.2 Å². The number of benzene rings is 2. The summed E-state index contributed by atoms with van der Waals surface area (Å²) in [6.45, 7) is 0. The van der Waals surface area contributed by atoms with Crippen molar-refractivity contribution in [1.82, 2.24) is 5.32 Å². The number of hydrogen-bond acceptors (Lipinski definition) is 4. The lowest BCUT2D eigenvalue weighted by atomic mass is 9.76. The minimum atomic E-state index is -0.374. The van der Waals surface area contributed by atoms with Crippen LogP contribution < -0.4 is 10.6 Å². The summed E-state index contributed by atoms with van der Waals surface area (Å²) in [6.07, 6.45) is 11.1. The number of para-hydroxylation sites is 1. The van der Waals surface area contributed by atoms with Crippen LogP contribution in [0.25, 0.3) is 0 Å². The van der Waals surface area contributed by atoms with Crippen LogP contribution in [0.2, 0.25) is 0 Å². The van der Waals surface area contributed by atoms with Crippen molar-refractivity contribution in [3.05, 3.63) is 81.4 Å². The van der Waals surface area contributed by atoms with Crippen molar-refractivity contribution in [1.29, 1.82) is 0 Å². The quantitative estimate of drug-likeness (QED) is 0.392. The second kappa shape index (κ2) is 8.17. The third-order valence-corrected chi connectivity index (χ3v) is 7.04. The lowest BCUT2D eigenvalue weighted by molar-refractivity contribution is -0.384. The van der Waals surface area contributed by atoms with Gasteiger partial charge >= 0.3 is 0 Å². The normalized spacial score (nSPS) is 24.7. The molecule has 160 valence electrons. The smallest absolute Gasteiger partial charge is 0.269 e. The molecule has 0 aromatic heterocycles. The minimum Gasteiger partial charge on any atom is -0.377 e. The zero-order valence-corrected chi connectivity index (χ0v) is 17.4. The van der Waals surface area contributed by atoms with Crippen molar-refractivity contribution >= 4 is 17.3 Å². The van der Waals surface area contributed by atoms with Crippen LogP contribution in [0.3, 0.4) is 0 Å². The molecule has 1 heterocycles. The molecule has 3 unspecified atom stereocenters. The van der Waals surface area contributed by atoms with Crippen LogP contribution in [0.4, 0.5) is 11.4 Å². The van der Waals surface area contributed by atoms with Crippen LogP contribution in [0.5, 0.6) is 0 Å². The number of amides is 1. The first kappa shape index (κ1) is 19.8. The molecule has 5 rings (SSSR count). The number of nitrogens with one attached hydrogen (secondary N) is 2. The van der Waals surface area contributed by atoms with Crippen LogP contribution in [0, 0.1) is 16.0 Å². The fraction of sp³-hybridized carbons (Fsp3) is 0.400. The number of nitrogens with zero attached hydrogens (tertiary/aromatic N) is 1. The van der Waals surface area contributed by atoms with Crippen molar-refractivity contribution in [2.45, 2.75) is 56.5 Å². The van der Waals surface area contributed by atoms with E-state index < -0.39 is 0 Å².